The first-order valence-electron chi connectivity index (χ1n) is 3.63. The van der Waals surface area contributed by atoms with Gasteiger partial charge in [-0.05, 0) is 44.0 Å². The Morgan fingerprint density at radius 2 is 2.08 bits per heavy atom. The fourth-order valence-corrected chi connectivity index (χ4v) is 3.96. The lowest BCUT2D eigenvalue weighted by Gasteiger charge is -2.03. The van der Waals surface area contributed by atoms with Gasteiger partial charge in [-0.1, -0.05) is 0 Å². The molecule has 68 valence electrons. The van der Waals surface area contributed by atoms with Crippen LogP contribution in [0.3, 0.4) is 0 Å². The Morgan fingerprint density at radius 1 is 1.31 bits per heavy atom. The molecule has 0 spiro atoms. The number of benzene rings is 1. The van der Waals surface area contributed by atoms with Crippen molar-refractivity contribution < 1.29 is 4.74 Å². The molecule has 1 heterocycles. The molecule has 2 rings (SSSR count). The molecular formula is C9H6Br2OS. The molecule has 0 bridgehead atoms. The molecule has 0 unspecified atom stereocenters. The first kappa shape index (κ1) is 9.49. The quantitative estimate of drug-likeness (QED) is 0.754. The maximum absolute atomic E-state index is 5.21. The van der Waals surface area contributed by atoms with Crippen LogP contribution >= 0.6 is 43.2 Å². The van der Waals surface area contributed by atoms with Gasteiger partial charge in [-0.25, -0.2) is 0 Å². The van der Waals surface area contributed by atoms with E-state index in [1.165, 1.54) is 10.1 Å². The Bertz CT molecular complexity index is 450. The lowest BCUT2D eigenvalue weighted by atomic mass is 10.2. The molecule has 4 heteroatoms. The van der Waals surface area contributed by atoms with Gasteiger partial charge in [0.15, 0.2) is 0 Å². The van der Waals surface area contributed by atoms with Gasteiger partial charge in [0.05, 0.1) is 11.6 Å². The van der Waals surface area contributed by atoms with E-state index in [0.717, 1.165) is 14.7 Å². The van der Waals surface area contributed by atoms with Crippen LogP contribution in [0.15, 0.2) is 26.5 Å². The van der Waals surface area contributed by atoms with Gasteiger partial charge in [-0.3, -0.25) is 0 Å². The fraction of sp³-hybridized carbons (Fsp3) is 0.111. The predicted molar refractivity (Wildman–Crippen MR) is 63.8 cm³/mol. The van der Waals surface area contributed by atoms with Crippen molar-refractivity contribution >= 4 is 53.3 Å². The van der Waals surface area contributed by atoms with E-state index >= 15 is 0 Å². The summed E-state index contributed by atoms with van der Waals surface area (Å²) in [5.74, 6) is 0.867. The Balaban J connectivity index is 2.83. The zero-order valence-corrected chi connectivity index (χ0v) is 10.8. The zero-order valence-electron chi connectivity index (χ0n) is 6.80. The van der Waals surface area contributed by atoms with Crippen molar-refractivity contribution in [3.63, 3.8) is 0 Å². The van der Waals surface area contributed by atoms with Crippen molar-refractivity contribution in [3.05, 3.63) is 26.5 Å². The largest absolute Gasteiger partial charge is 0.496 e. The average Bonchev–Trinajstić information content (AvgIpc) is 2.49. The third kappa shape index (κ3) is 1.51. The first-order chi connectivity index (χ1) is 6.24. The summed E-state index contributed by atoms with van der Waals surface area (Å²) >= 11 is 8.74. The second kappa shape index (κ2) is 3.59. The van der Waals surface area contributed by atoms with Crippen LogP contribution in [0.25, 0.3) is 10.1 Å². The van der Waals surface area contributed by atoms with Gasteiger partial charge in [-0.2, -0.15) is 0 Å². The maximum Gasteiger partial charge on any atom is 0.133 e. The van der Waals surface area contributed by atoms with Crippen LogP contribution in [0.4, 0.5) is 0 Å². The predicted octanol–water partition coefficient (Wildman–Crippen LogP) is 4.43. The lowest BCUT2D eigenvalue weighted by molar-refractivity contribution is 0.413. The smallest absolute Gasteiger partial charge is 0.133 e. The molecule has 0 saturated heterocycles. The topological polar surface area (TPSA) is 9.23 Å². The number of hydrogen-bond donors (Lipinski definition) is 0. The van der Waals surface area contributed by atoms with Crippen LogP contribution in [0.5, 0.6) is 5.75 Å². The van der Waals surface area contributed by atoms with Crippen molar-refractivity contribution in [1.82, 2.24) is 0 Å². The molecule has 0 amide bonds. The molecule has 13 heavy (non-hydrogen) atoms. The standard InChI is InChI=1S/C9H6Br2OS/c1-12-6-2-3-7-8(9(6)11)5(10)4-13-7/h2-4H,1H3. The molecule has 1 aromatic carbocycles. The number of hydrogen-bond acceptors (Lipinski definition) is 2. The van der Waals surface area contributed by atoms with Crippen LogP contribution in [-0.2, 0) is 0 Å². The highest BCUT2D eigenvalue weighted by atomic mass is 79.9. The summed E-state index contributed by atoms with van der Waals surface area (Å²) < 4.78 is 8.59. The minimum absolute atomic E-state index is 0.867. The SMILES string of the molecule is COc1ccc2scc(Br)c2c1Br. The van der Waals surface area contributed by atoms with E-state index < -0.39 is 0 Å². The van der Waals surface area contributed by atoms with Gasteiger partial charge in [0.25, 0.3) is 0 Å². The molecular weight excluding hydrogens is 316 g/mol. The van der Waals surface area contributed by atoms with E-state index in [9.17, 15) is 0 Å². The molecule has 1 aromatic heterocycles. The summed E-state index contributed by atoms with van der Waals surface area (Å²) in [6.07, 6.45) is 0. The summed E-state index contributed by atoms with van der Waals surface area (Å²) in [5, 5.41) is 3.26. The van der Waals surface area contributed by atoms with Crippen molar-refractivity contribution in [1.29, 1.82) is 0 Å². The molecule has 0 radical (unpaired) electrons. The van der Waals surface area contributed by atoms with Gasteiger partial charge in [0.2, 0.25) is 0 Å². The van der Waals surface area contributed by atoms with Crippen LogP contribution in [0.1, 0.15) is 0 Å². The van der Waals surface area contributed by atoms with E-state index in [1.807, 2.05) is 6.07 Å². The second-order valence-corrected chi connectivity index (χ2v) is 5.10. The molecule has 0 saturated carbocycles. The number of thiophene rings is 1. The number of halogens is 2. The Labute approximate surface area is 97.0 Å². The van der Waals surface area contributed by atoms with Gasteiger partial charge >= 0.3 is 0 Å². The summed E-state index contributed by atoms with van der Waals surface area (Å²) in [4.78, 5) is 0. The van der Waals surface area contributed by atoms with Crippen LogP contribution in [0, 0.1) is 0 Å². The van der Waals surface area contributed by atoms with Crippen molar-refractivity contribution in [3.8, 4) is 5.75 Å². The van der Waals surface area contributed by atoms with E-state index in [4.69, 9.17) is 4.74 Å². The third-order valence-corrected chi connectivity index (χ3v) is 4.48. The molecule has 0 N–H and O–H groups in total. The summed E-state index contributed by atoms with van der Waals surface area (Å²) in [6.45, 7) is 0. The van der Waals surface area contributed by atoms with Crippen LogP contribution in [0.2, 0.25) is 0 Å². The van der Waals surface area contributed by atoms with E-state index in [2.05, 4.69) is 43.3 Å². The second-order valence-electron chi connectivity index (χ2n) is 2.54. The van der Waals surface area contributed by atoms with Gasteiger partial charge < -0.3 is 4.74 Å². The molecule has 0 fully saturated rings. The van der Waals surface area contributed by atoms with Crippen molar-refractivity contribution in [2.45, 2.75) is 0 Å². The monoisotopic (exact) mass is 320 g/mol. The molecule has 0 aliphatic rings. The molecule has 0 atom stereocenters. The highest BCUT2D eigenvalue weighted by Crippen LogP contribution is 2.40. The van der Waals surface area contributed by atoms with E-state index in [1.54, 1.807) is 18.4 Å². The van der Waals surface area contributed by atoms with Crippen molar-refractivity contribution in [2.24, 2.45) is 0 Å². The minimum atomic E-state index is 0.867. The number of rotatable bonds is 1. The summed E-state index contributed by atoms with van der Waals surface area (Å²) in [7, 11) is 1.67. The van der Waals surface area contributed by atoms with E-state index in [-0.39, 0.29) is 0 Å². The fourth-order valence-electron chi connectivity index (χ4n) is 1.19. The Kier molecular flexibility index (Phi) is 2.62. The number of ether oxygens (including phenoxy) is 1. The number of fused-ring (bicyclic) bond motifs is 1. The Hall–Kier alpha value is -0.0600. The first-order valence-corrected chi connectivity index (χ1v) is 6.10. The van der Waals surface area contributed by atoms with Gasteiger partial charge in [-0.15, -0.1) is 11.3 Å². The summed E-state index contributed by atoms with van der Waals surface area (Å²) in [5.41, 5.74) is 0. The Morgan fingerprint density at radius 3 is 2.77 bits per heavy atom. The molecule has 1 nitrogen and oxygen atoms in total. The molecule has 0 aliphatic heterocycles. The third-order valence-electron chi connectivity index (χ3n) is 1.82. The maximum atomic E-state index is 5.21. The van der Waals surface area contributed by atoms with Gasteiger partial charge in [0.1, 0.15) is 5.75 Å². The highest BCUT2D eigenvalue weighted by Gasteiger charge is 2.09. The van der Waals surface area contributed by atoms with E-state index in [0.29, 0.717) is 0 Å². The van der Waals surface area contributed by atoms with Crippen molar-refractivity contribution in [2.75, 3.05) is 7.11 Å². The van der Waals surface area contributed by atoms with Gasteiger partial charge in [0, 0.05) is 19.9 Å². The average molecular weight is 322 g/mol. The van der Waals surface area contributed by atoms with Crippen LogP contribution in [-0.4, -0.2) is 7.11 Å². The summed E-state index contributed by atoms with van der Waals surface area (Å²) in [6, 6.07) is 4.03. The lowest BCUT2D eigenvalue weighted by Crippen LogP contribution is -1.83. The highest BCUT2D eigenvalue weighted by molar-refractivity contribution is 9.11. The number of methoxy groups -OCH3 is 1. The molecule has 0 aliphatic carbocycles. The normalized spacial score (nSPS) is 10.7. The molecule has 2 aromatic rings. The minimum Gasteiger partial charge on any atom is -0.496 e. The zero-order chi connectivity index (χ0) is 9.42. The van der Waals surface area contributed by atoms with Crippen LogP contribution < -0.4 is 4.74 Å².